The Labute approximate surface area is 116 Å². The van der Waals surface area contributed by atoms with Gasteiger partial charge in [0.1, 0.15) is 5.69 Å². The monoisotopic (exact) mass is 268 g/mol. The van der Waals surface area contributed by atoms with Crippen molar-refractivity contribution in [3.8, 4) is 0 Å². The van der Waals surface area contributed by atoms with Gasteiger partial charge in [0.15, 0.2) is 0 Å². The predicted molar refractivity (Wildman–Crippen MR) is 55.4 cm³/mol. The van der Waals surface area contributed by atoms with Gasteiger partial charge in [-0.1, -0.05) is 11.8 Å². The van der Waals surface area contributed by atoms with Crippen molar-refractivity contribution in [2.24, 2.45) is 0 Å². The molecule has 0 aromatic rings. The molecule has 4 nitrogen and oxygen atoms in total. The van der Waals surface area contributed by atoms with Crippen molar-refractivity contribution < 1.29 is 48.2 Å². The molecule has 0 bridgehead atoms. The Kier molecular flexibility index (Phi) is 11.6. The van der Waals surface area contributed by atoms with Gasteiger partial charge in [0, 0.05) is 11.7 Å². The van der Waals surface area contributed by atoms with E-state index in [1.54, 1.807) is 13.8 Å². The van der Waals surface area contributed by atoms with Gasteiger partial charge in [0.2, 0.25) is 0 Å². The number of rotatable bonds is 6. The minimum absolute atomic E-state index is 0. The molecule has 0 saturated carbocycles. The molecule has 8 heteroatoms. The Hall–Kier alpha value is 1.84. The topological polar surface area (TPSA) is 50.8 Å². The maximum atomic E-state index is 11.3. The first-order valence-corrected chi connectivity index (χ1v) is 7.83. The molecule has 0 aliphatic carbocycles. The largest absolute Gasteiger partial charge is 1.00 e. The Morgan fingerprint density at radius 3 is 2.07 bits per heavy atom. The molecular formula is C6H14NaO4PS2. The summed E-state index contributed by atoms with van der Waals surface area (Å²) in [5.41, 5.74) is -3.24. The van der Waals surface area contributed by atoms with Gasteiger partial charge in [0.05, 0.1) is 12.2 Å². The molecule has 0 rings (SSSR count). The molecule has 0 fully saturated rings. The zero-order valence-corrected chi connectivity index (χ0v) is 13.6. The van der Waals surface area contributed by atoms with E-state index in [9.17, 15) is 4.89 Å². The zero-order chi connectivity index (χ0) is 10.5. The van der Waals surface area contributed by atoms with Crippen LogP contribution in [0, 0.1) is 0 Å². The molecule has 0 N–H and O–H groups in total. The van der Waals surface area contributed by atoms with Crippen LogP contribution < -0.4 is 34.5 Å². The van der Waals surface area contributed by atoms with Crippen molar-refractivity contribution >= 4 is 29.2 Å². The maximum absolute atomic E-state index is 11.3. The summed E-state index contributed by atoms with van der Waals surface area (Å²) in [5.74, 6) is 0. The van der Waals surface area contributed by atoms with Crippen LogP contribution in [0.15, 0.2) is 0 Å². The van der Waals surface area contributed by atoms with Gasteiger partial charge in [-0.3, -0.25) is 0 Å². The van der Waals surface area contributed by atoms with E-state index in [2.05, 4.69) is 21.4 Å². The van der Waals surface area contributed by atoms with E-state index in [0.29, 0.717) is 11.7 Å². The van der Waals surface area contributed by atoms with Gasteiger partial charge in [-0.25, -0.2) is 9.56 Å². The normalized spacial score (nSPS) is 15.4. The zero-order valence-electron chi connectivity index (χ0n) is 9.05. The minimum Gasteiger partial charge on any atom is -0.789 e. The first-order valence-electron chi connectivity index (χ1n) is 3.84. The summed E-state index contributed by atoms with van der Waals surface area (Å²) in [6.45, 7) is 7.13. The summed E-state index contributed by atoms with van der Waals surface area (Å²) in [5, 5.41) is 0. The Morgan fingerprint density at radius 2 is 1.71 bits per heavy atom. The van der Waals surface area contributed by atoms with Crippen LogP contribution in [0.25, 0.3) is 0 Å². The van der Waals surface area contributed by atoms with Gasteiger partial charge in [-0.05, 0) is 27.7 Å². The van der Waals surface area contributed by atoms with Crippen LogP contribution in [0.4, 0.5) is 0 Å². The van der Waals surface area contributed by atoms with E-state index in [-0.39, 0.29) is 41.8 Å². The van der Waals surface area contributed by atoms with Crippen LogP contribution in [0.2, 0.25) is 0 Å². The second kappa shape index (κ2) is 8.93. The third kappa shape index (κ3) is 11.9. The molecule has 1 atom stereocenters. The van der Waals surface area contributed by atoms with E-state index in [1.807, 2.05) is 13.8 Å². The van der Waals surface area contributed by atoms with Crippen LogP contribution in [-0.2, 0) is 25.6 Å². The fourth-order valence-electron chi connectivity index (χ4n) is 0.290. The first-order chi connectivity index (χ1) is 5.83. The molecule has 0 aliphatic heterocycles. The number of hydrogen-bond acceptors (Lipinski definition) is 6. The van der Waals surface area contributed by atoms with Crippen molar-refractivity contribution in [1.82, 2.24) is 0 Å². The van der Waals surface area contributed by atoms with Gasteiger partial charge < -0.3 is 9.08 Å². The van der Waals surface area contributed by atoms with Crippen molar-refractivity contribution in [2.45, 2.75) is 39.9 Å². The molecular weight excluding hydrogens is 254 g/mol. The van der Waals surface area contributed by atoms with E-state index in [4.69, 9.17) is 4.18 Å². The van der Waals surface area contributed by atoms with Gasteiger partial charge in [-0.2, -0.15) is 0 Å². The van der Waals surface area contributed by atoms with Crippen molar-refractivity contribution in [1.29, 1.82) is 0 Å². The molecule has 0 heterocycles. The molecule has 80 valence electrons. The fourth-order valence-corrected chi connectivity index (χ4v) is 2.30. The van der Waals surface area contributed by atoms with E-state index < -0.39 is 5.69 Å². The van der Waals surface area contributed by atoms with Crippen molar-refractivity contribution in [3.63, 3.8) is 0 Å². The van der Waals surface area contributed by atoms with Gasteiger partial charge in [-0.15, -0.1) is 0 Å². The average molecular weight is 268 g/mol. The second-order valence-electron chi connectivity index (χ2n) is 2.89. The van der Waals surface area contributed by atoms with E-state index in [0.717, 1.165) is 0 Å². The molecule has 0 aromatic heterocycles. The fraction of sp³-hybridized carbons (Fsp3) is 1.00. The summed E-state index contributed by atoms with van der Waals surface area (Å²) in [6, 6.07) is 0. The summed E-state index contributed by atoms with van der Waals surface area (Å²) in [6.07, 6.45) is -0.222. The molecule has 0 amide bonds. The molecule has 0 saturated heterocycles. The molecule has 1 unspecified atom stereocenters. The molecule has 14 heavy (non-hydrogen) atoms. The second-order valence-corrected chi connectivity index (χ2v) is 8.30. The Morgan fingerprint density at radius 1 is 1.21 bits per heavy atom. The molecule has 0 aliphatic rings. The Bertz CT molecular complexity index is 175. The first kappa shape index (κ1) is 18.2. The molecule has 0 aromatic carbocycles. The van der Waals surface area contributed by atoms with Crippen LogP contribution in [0.3, 0.4) is 0 Å². The maximum Gasteiger partial charge on any atom is 1.00 e. The van der Waals surface area contributed by atoms with Crippen molar-refractivity contribution in [3.05, 3.63) is 0 Å². The summed E-state index contributed by atoms with van der Waals surface area (Å²) in [7, 11) is 0. The van der Waals surface area contributed by atoms with Crippen molar-refractivity contribution in [2.75, 3.05) is 0 Å². The van der Waals surface area contributed by atoms with Gasteiger partial charge >= 0.3 is 29.6 Å². The summed E-state index contributed by atoms with van der Waals surface area (Å²) < 4.78 is 9.53. The smallest absolute Gasteiger partial charge is 0.789 e. The minimum atomic E-state index is -3.24. The van der Waals surface area contributed by atoms with Crippen LogP contribution in [0.1, 0.15) is 27.7 Å². The average Bonchev–Trinajstić information content (AvgIpc) is 1.98. The Balaban J connectivity index is 0. The SMILES string of the molecule is CC(C)OOP([O-])(=S)SOC(C)C.[Na+]. The quantitative estimate of drug-likeness (QED) is 0.203. The standard InChI is InChI=1S/C6H15O4PS2.Na/c1-5(2)8-10-11(7,12)13-9-6(3)4;/h5-6H,1-4H3,(H,7,12);/q;+1/p-1. The van der Waals surface area contributed by atoms with Crippen LogP contribution in [0.5, 0.6) is 0 Å². The third-order valence-electron chi connectivity index (χ3n) is 0.654. The van der Waals surface area contributed by atoms with E-state index >= 15 is 0 Å². The number of hydrogen-bond donors (Lipinski definition) is 0. The van der Waals surface area contributed by atoms with Crippen LogP contribution >= 0.6 is 17.4 Å². The third-order valence-corrected chi connectivity index (χ3v) is 3.29. The molecule has 0 spiro atoms. The summed E-state index contributed by atoms with van der Waals surface area (Å²) >= 11 is 5.28. The van der Waals surface area contributed by atoms with Gasteiger partial charge in [0.25, 0.3) is 0 Å². The molecule has 0 radical (unpaired) electrons. The van der Waals surface area contributed by atoms with Crippen LogP contribution in [-0.4, -0.2) is 12.2 Å². The predicted octanol–water partition coefficient (Wildman–Crippen LogP) is -0.995. The summed E-state index contributed by atoms with van der Waals surface area (Å²) in [4.78, 5) is 16.0. The van der Waals surface area contributed by atoms with E-state index in [1.165, 1.54) is 0 Å².